The minimum Gasteiger partial charge on any atom is -0.376 e. The van der Waals surface area contributed by atoms with Crippen LogP contribution >= 0.6 is 0 Å². The van der Waals surface area contributed by atoms with Gasteiger partial charge in [-0.3, -0.25) is 0 Å². The molecule has 0 aromatic rings. The van der Waals surface area contributed by atoms with E-state index in [9.17, 15) is 0 Å². The lowest BCUT2D eigenvalue weighted by Crippen LogP contribution is -2.42. The Kier molecular flexibility index (Phi) is 4.42. The third-order valence-corrected chi connectivity index (χ3v) is 3.66. The fourth-order valence-electron chi connectivity index (χ4n) is 2.60. The molecule has 1 aliphatic heterocycles. The van der Waals surface area contributed by atoms with E-state index in [1.54, 1.807) is 0 Å². The summed E-state index contributed by atoms with van der Waals surface area (Å²) in [7, 11) is 0. The smallest absolute Gasteiger partial charge is 0.0933 e. The van der Waals surface area contributed by atoms with Crippen molar-refractivity contribution in [2.24, 2.45) is 5.92 Å². The molecule has 3 nitrogen and oxygen atoms in total. The van der Waals surface area contributed by atoms with Gasteiger partial charge in [-0.15, -0.1) is 0 Å². The maximum absolute atomic E-state index is 5.60. The van der Waals surface area contributed by atoms with E-state index in [2.05, 4.69) is 12.2 Å². The maximum Gasteiger partial charge on any atom is 0.0933 e. The van der Waals surface area contributed by atoms with Gasteiger partial charge < -0.3 is 14.8 Å². The first-order valence-corrected chi connectivity index (χ1v) is 6.29. The van der Waals surface area contributed by atoms with Gasteiger partial charge in [-0.25, -0.2) is 0 Å². The van der Waals surface area contributed by atoms with Gasteiger partial charge in [0.05, 0.1) is 25.9 Å². The first-order valence-electron chi connectivity index (χ1n) is 6.29. The lowest BCUT2D eigenvalue weighted by Gasteiger charge is -2.27. The number of rotatable bonds is 4. The third kappa shape index (κ3) is 3.44. The molecule has 1 N–H and O–H groups in total. The highest BCUT2D eigenvalue weighted by Gasteiger charge is 2.22. The Hall–Kier alpha value is -0.120. The lowest BCUT2D eigenvalue weighted by atomic mass is 10.00. The highest BCUT2D eigenvalue weighted by molar-refractivity contribution is 4.78. The second kappa shape index (κ2) is 5.83. The molecule has 88 valence electrons. The zero-order chi connectivity index (χ0) is 10.5. The fraction of sp³-hybridized carbons (Fsp3) is 1.00. The second-order valence-electron chi connectivity index (χ2n) is 4.81. The van der Waals surface area contributed by atoms with Crippen molar-refractivity contribution in [1.82, 2.24) is 5.32 Å². The number of ether oxygens (including phenoxy) is 2. The van der Waals surface area contributed by atoms with Crippen LogP contribution in [0.25, 0.3) is 0 Å². The van der Waals surface area contributed by atoms with Crippen LogP contribution in [-0.4, -0.2) is 38.5 Å². The van der Waals surface area contributed by atoms with Crippen molar-refractivity contribution >= 4 is 0 Å². The summed E-state index contributed by atoms with van der Waals surface area (Å²) in [6.07, 6.45) is 5.90. The van der Waals surface area contributed by atoms with Crippen LogP contribution in [0.1, 0.15) is 32.6 Å². The van der Waals surface area contributed by atoms with Crippen molar-refractivity contribution in [2.45, 2.75) is 44.8 Å². The molecule has 2 aliphatic rings. The second-order valence-corrected chi connectivity index (χ2v) is 4.81. The predicted molar refractivity (Wildman–Crippen MR) is 60.0 cm³/mol. The number of hydrogen-bond acceptors (Lipinski definition) is 3. The minimum absolute atomic E-state index is 0.266. The van der Waals surface area contributed by atoms with E-state index in [0.717, 1.165) is 32.3 Å². The molecule has 2 fully saturated rings. The molecule has 0 radical (unpaired) electrons. The average Bonchev–Trinajstić information content (AvgIpc) is 2.81. The van der Waals surface area contributed by atoms with Crippen molar-refractivity contribution in [3.05, 3.63) is 0 Å². The number of hydrogen-bond donors (Lipinski definition) is 1. The van der Waals surface area contributed by atoms with Crippen LogP contribution < -0.4 is 5.32 Å². The van der Waals surface area contributed by atoms with Crippen LogP contribution in [0.5, 0.6) is 0 Å². The van der Waals surface area contributed by atoms with E-state index in [0.29, 0.717) is 6.04 Å². The van der Waals surface area contributed by atoms with Crippen LogP contribution in [0.15, 0.2) is 0 Å². The van der Waals surface area contributed by atoms with E-state index in [-0.39, 0.29) is 6.10 Å². The average molecular weight is 213 g/mol. The fourth-order valence-corrected chi connectivity index (χ4v) is 2.60. The standard InChI is InChI=1S/C12H23NO2/c1-10(11-4-2-3-5-11)13-8-12-9-14-6-7-15-12/h10-13H,2-9H2,1H3. The SMILES string of the molecule is CC(NCC1COCCO1)C1CCCC1. The zero-order valence-electron chi connectivity index (χ0n) is 9.71. The van der Waals surface area contributed by atoms with E-state index in [4.69, 9.17) is 9.47 Å². The van der Waals surface area contributed by atoms with Gasteiger partial charge in [0.15, 0.2) is 0 Å². The largest absolute Gasteiger partial charge is 0.376 e. The first kappa shape index (κ1) is 11.4. The van der Waals surface area contributed by atoms with Crippen LogP contribution in [0.3, 0.4) is 0 Å². The topological polar surface area (TPSA) is 30.5 Å². The molecule has 1 aliphatic carbocycles. The Labute approximate surface area is 92.5 Å². The van der Waals surface area contributed by atoms with Gasteiger partial charge in [-0.05, 0) is 25.7 Å². The Morgan fingerprint density at radius 3 is 2.73 bits per heavy atom. The highest BCUT2D eigenvalue weighted by atomic mass is 16.6. The third-order valence-electron chi connectivity index (χ3n) is 3.66. The summed E-state index contributed by atoms with van der Waals surface area (Å²) in [6, 6.07) is 0.637. The van der Waals surface area contributed by atoms with Gasteiger partial charge in [-0.2, -0.15) is 0 Å². The van der Waals surface area contributed by atoms with Gasteiger partial charge in [0.25, 0.3) is 0 Å². The Balaban J connectivity index is 1.63. The van der Waals surface area contributed by atoms with Crippen molar-refractivity contribution in [3.8, 4) is 0 Å². The van der Waals surface area contributed by atoms with Crippen LogP contribution in [0.4, 0.5) is 0 Å². The summed E-state index contributed by atoms with van der Waals surface area (Å²) >= 11 is 0. The van der Waals surface area contributed by atoms with E-state index in [1.807, 2.05) is 0 Å². The molecular formula is C12H23NO2. The van der Waals surface area contributed by atoms with E-state index < -0.39 is 0 Å². The monoisotopic (exact) mass is 213 g/mol. The molecule has 1 heterocycles. The number of nitrogens with one attached hydrogen (secondary N) is 1. The molecule has 2 unspecified atom stereocenters. The molecule has 2 atom stereocenters. The highest BCUT2D eigenvalue weighted by Crippen LogP contribution is 2.27. The van der Waals surface area contributed by atoms with Gasteiger partial charge >= 0.3 is 0 Å². The molecule has 0 aromatic carbocycles. The van der Waals surface area contributed by atoms with Crippen molar-refractivity contribution in [1.29, 1.82) is 0 Å². The summed E-state index contributed by atoms with van der Waals surface area (Å²) in [5, 5.41) is 3.59. The van der Waals surface area contributed by atoms with Crippen LogP contribution in [0.2, 0.25) is 0 Å². The Bertz CT molecular complexity index is 174. The van der Waals surface area contributed by atoms with E-state index >= 15 is 0 Å². The Morgan fingerprint density at radius 2 is 2.07 bits per heavy atom. The molecule has 0 amide bonds. The summed E-state index contributed by atoms with van der Waals surface area (Å²) < 4.78 is 11.0. The van der Waals surface area contributed by atoms with Gasteiger partial charge in [-0.1, -0.05) is 12.8 Å². The van der Waals surface area contributed by atoms with Crippen LogP contribution in [0, 0.1) is 5.92 Å². The minimum atomic E-state index is 0.266. The molecule has 15 heavy (non-hydrogen) atoms. The molecule has 0 aromatic heterocycles. The van der Waals surface area contributed by atoms with Crippen LogP contribution in [-0.2, 0) is 9.47 Å². The summed E-state index contributed by atoms with van der Waals surface area (Å²) in [5.74, 6) is 0.884. The van der Waals surface area contributed by atoms with Gasteiger partial charge in [0, 0.05) is 12.6 Å². The molecule has 0 spiro atoms. The molecule has 2 rings (SSSR count). The maximum atomic E-state index is 5.60. The summed E-state index contributed by atoms with van der Waals surface area (Å²) in [4.78, 5) is 0. The van der Waals surface area contributed by atoms with E-state index in [1.165, 1.54) is 25.7 Å². The normalized spacial score (nSPS) is 30.6. The summed E-state index contributed by atoms with van der Waals surface area (Å²) in [6.45, 7) is 5.51. The quantitative estimate of drug-likeness (QED) is 0.769. The molecule has 0 bridgehead atoms. The van der Waals surface area contributed by atoms with Gasteiger partial charge in [0.1, 0.15) is 0 Å². The summed E-state index contributed by atoms with van der Waals surface area (Å²) in [5.41, 5.74) is 0. The first-order chi connectivity index (χ1) is 7.36. The van der Waals surface area contributed by atoms with Gasteiger partial charge in [0.2, 0.25) is 0 Å². The molecule has 1 saturated carbocycles. The predicted octanol–water partition coefficient (Wildman–Crippen LogP) is 1.57. The van der Waals surface area contributed by atoms with Crippen molar-refractivity contribution < 1.29 is 9.47 Å². The zero-order valence-corrected chi connectivity index (χ0v) is 9.71. The molecular weight excluding hydrogens is 190 g/mol. The Morgan fingerprint density at radius 1 is 1.27 bits per heavy atom. The lowest BCUT2D eigenvalue weighted by molar-refractivity contribution is -0.0873. The molecule has 1 saturated heterocycles. The molecule has 3 heteroatoms. The van der Waals surface area contributed by atoms with Crippen molar-refractivity contribution in [3.63, 3.8) is 0 Å². The van der Waals surface area contributed by atoms with Crippen molar-refractivity contribution in [2.75, 3.05) is 26.4 Å².